The summed E-state index contributed by atoms with van der Waals surface area (Å²) in [4.78, 5) is 12.0. The van der Waals surface area contributed by atoms with Gasteiger partial charge in [0.05, 0.1) is 6.04 Å². The van der Waals surface area contributed by atoms with Crippen molar-refractivity contribution < 1.29 is 0 Å². The molecule has 1 unspecified atom stereocenters. The maximum Gasteiger partial charge on any atom is 0.254 e. The van der Waals surface area contributed by atoms with E-state index < -0.39 is 0 Å². The first-order valence-corrected chi connectivity index (χ1v) is 6.17. The van der Waals surface area contributed by atoms with Gasteiger partial charge in [-0.25, -0.2) is 0 Å². The Morgan fingerprint density at radius 3 is 2.59 bits per heavy atom. The van der Waals surface area contributed by atoms with Gasteiger partial charge in [0.1, 0.15) is 0 Å². The zero-order valence-corrected chi connectivity index (χ0v) is 11.1. The lowest BCUT2D eigenvalue weighted by atomic mass is 10.1. The maximum absolute atomic E-state index is 12.0. The molecule has 1 heterocycles. The average Bonchev–Trinajstić information content (AvgIpc) is 2.34. The first-order chi connectivity index (χ1) is 8.09. The van der Waals surface area contributed by atoms with Gasteiger partial charge < -0.3 is 4.57 Å². The zero-order valence-electron chi connectivity index (χ0n) is 9.56. The minimum absolute atomic E-state index is 0.00157. The van der Waals surface area contributed by atoms with E-state index in [2.05, 4.69) is 22.9 Å². The first-order valence-electron chi connectivity index (χ1n) is 5.38. The predicted octanol–water partition coefficient (Wildman–Crippen LogP) is 3.40. The molecule has 1 aromatic carbocycles. The molecule has 0 saturated heterocycles. The quantitative estimate of drug-likeness (QED) is 0.831. The Morgan fingerprint density at radius 1 is 1.29 bits per heavy atom. The number of benzene rings is 1. The molecule has 0 aliphatic carbocycles. The van der Waals surface area contributed by atoms with Gasteiger partial charge in [-0.3, -0.25) is 4.79 Å². The molecule has 0 fully saturated rings. The summed E-state index contributed by atoms with van der Waals surface area (Å²) in [7, 11) is 0. The number of aromatic nitrogens is 1. The fourth-order valence-electron chi connectivity index (χ4n) is 1.80. The molecule has 17 heavy (non-hydrogen) atoms. The summed E-state index contributed by atoms with van der Waals surface area (Å²) in [5.74, 6) is 0. The molecule has 1 radical (unpaired) electrons. The van der Waals surface area contributed by atoms with Crippen LogP contribution in [0.25, 0.3) is 0 Å². The van der Waals surface area contributed by atoms with Crippen LogP contribution in [0.3, 0.4) is 0 Å². The van der Waals surface area contributed by atoms with E-state index in [4.69, 9.17) is 0 Å². The molecule has 87 valence electrons. The maximum atomic E-state index is 12.0. The van der Waals surface area contributed by atoms with Crippen LogP contribution in [0.5, 0.6) is 0 Å². The Morgan fingerprint density at radius 2 is 1.94 bits per heavy atom. The van der Waals surface area contributed by atoms with Crippen LogP contribution in [0.4, 0.5) is 0 Å². The van der Waals surface area contributed by atoms with Crippen LogP contribution in [0.15, 0.2) is 51.9 Å². The molecule has 0 aliphatic rings. The third-order valence-corrected chi connectivity index (χ3v) is 3.22. The van der Waals surface area contributed by atoms with E-state index in [1.54, 1.807) is 16.8 Å². The molecule has 1 atom stereocenters. The van der Waals surface area contributed by atoms with Gasteiger partial charge in [0.15, 0.2) is 0 Å². The van der Waals surface area contributed by atoms with Crippen LogP contribution >= 0.6 is 15.9 Å². The minimum Gasteiger partial charge on any atom is -0.307 e. The van der Waals surface area contributed by atoms with Crippen molar-refractivity contribution in [2.75, 3.05) is 0 Å². The van der Waals surface area contributed by atoms with Crippen molar-refractivity contribution in [1.82, 2.24) is 4.57 Å². The van der Waals surface area contributed by atoms with Crippen molar-refractivity contribution in [3.05, 3.63) is 75.5 Å². The van der Waals surface area contributed by atoms with Gasteiger partial charge in [-0.1, -0.05) is 30.3 Å². The smallest absolute Gasteiger partial charge is 0.254 e. The van der Waals surface area contributed by atoms with Crippen LogP contribution in [-0.2, 0) is 0 Å². The fraction of sp³-hybridized carbons (Fsp3) is 0.143. The van der Waals surface area contributed by atoms with Gasteiger partial charge in [0.25, 0.3) is 5.56 Å². The number of hydrogen-bond donors (Lipinski definition) is 0. The average molecular weight is 291 g/mol. The zero-order chi connectivity index (χ0) is 12.4. The highest BCUT2D eigenvalue weighted by Gasteiger charge is 2.10. The van der Waals surface area contributed by atoms with Gasteiger partial charge in [0, 0.05) is 16.2 Å². The molecule has 0 amide bonds. The normalized spacial score (nSPS) is 12.4. The number of halogens is 1. The van der Waals surface area contributed by atoms with Gasteiger partial charge in [-0.05, 0) is 41.4 Å². The number of hydrogen-bond acceptors (Lipinski definition) is 1. The van der Waals surface area contributed by atoms with Crippen molar-refractivity contribution in [1.29, 1.82) is 0 Å². The molecule has 0 bridgehead atoms. The topological polar surface area (TPSA) is 22.0 Å². The fourth-order valence-corrected chi connectivity index (χ4v) is 2.30. The summed E-state index contributed by atoms with van der Waals surface area (Å²) < 4.78 is 2.56. The van der Waals surface area contributed by atoms with Gasteiger partial charge >= 0.3 is 0 Å². The predicted molar refractivity (Wildman–Crippen MR) is 73.1 cm³/mol. The van der Waals surface area contributed by atoms with Crippen molar-refractivity contribution in [3.8, 4) is 0 Å². The largest absolute Gasteiger partial charge is 0.307 e. The Balaban J connectivity index is 2.52. The lowest BCUT2D eigenvalue weighted by Gasteiger charge is -2.16. The Hall–Kier alpha value is -1.35. The van der Waals surface area contributed by atoms with E-state index >= 15 is 0 Å². The lowest BCUT2D eigenvalue weighted by Crippen LogP contribution is -2.25. The van der Waals surface area contributed by atoms with E-state index in [1.807, 2.05) is 37.3 Å². The highest BCUT2D eigenvalue weighted by molar-refractivity contribution is 9.10. The van der Waals surface area contributed by atoms with Crippen LogP contribution < -0.4 is 5.56 Å². The third kappa shape index (κ3) is 2.50. The van der Waals surface area contributed by atoms with E-state index in [9.17, 15) is 4.79 Å². The van der Waals surface area contributed by atoms with Crippen LogP contribution in [-0.4, -0.2) is 4.57 Å². The standard InChI is InChI=1S/C14H13BrNO/c1-10-8-13(15)9-16(14(10)17)11(2)12-6-4-3-5-7-12/h3-9,11H,1H2,2H3. The van der Waals surface area contributed by atoms with Gasteiger partial charge in [-0.15, -0.1) is 0 Å². The van der Waals surface area contributed by atoms with E-state index in [0.717, 1.165) is 10.0 Å². The molecule has 0 spiro atoms. The van der Waals surface area contributed by atoms with Crippen molar-refractivity contribution >= 4 is 15.9 Å². The van der Waals surface area contributed by atoms with Crippen LogP contribution in [0.2, 0.25) is 0 Å². The number of rotatable bonds is 2. The Labute approximate surface area is 109 Å². The lowest BCUT2D eigenvalue weighted by molar-refractivity contribution is 0.611. The summed E-state index contributed by atoms with van der Waals surface area (Å²) in [5.41, 5.74) is 1.55. The van der Waals surface area contributed by atoms with E-state index in [0.29, 0.717) is 5.56 Å². The summed E-state index contributed by atoms with van der Waals surface area (Å²) in [6.45, 7) is 5.76. The molecular formula is C14H13BrNO. The molecule has 2 nitrogen and oxygen atoms in total. The summed E-state index contributed by atoms with van der Waals surface area (Å²) >= 11 is 3.39. The second-order valence-corrected chi connectivity index (χ2v) is 4.90. The molecule has 2 aromatic rings. The molecule has 0 aliphatic heterocycles. The molecule has 3 heteroatoms. The van der Waals surface area contributed by atoms with Crippen molar-refractivity contribution in [3.63, 3.8) is 0 Å². The second kappa shape index (κ2) is 4.88. The molecular weight excluding hydrogens is 278 g/mol. The summed E-state index contributed by atoms with van der Waals surface area (Å²) in [6, 6.07) is 11.7. The minimum atomic E-state index is -0.0513. The Kier molecular flexibility index (Phi) is 3.48. The highest BCUT2D eigenvalue weighted by atomic mass is 79.9. The molecule has 0 N–H and O–H groups in total. The van der Waals surface area contributed by atoms with Crippen LogP contribution in [0, 0.1) is 6.92 Å². The van der Waals surface area contributed by atoms with Crippen LogP contribution in [0.1, 0.15) is 24.1 Å². The third-order valence-electron chi connectivity index (χ3n) is 2.78. The van der Waals surface area contributed by atoms with Crippen molar-refractivity contribution in [2.24, 2.45) is 0 Å². The highest BCUT2D eigenvalue weighted by Crippen LogP contribution is 2.18. The van der Waals surface area contributed by atoms with Gasteiger partial charge in [-0.2, -0.15) is 0 Å². The van der Waals surface area contributed by atoms with E-state index in [-0.39, 0.29) is 11.6 Å². The molecule has 0 saturated carbocycles. The summed E-state index contributed by atoms with van der Waals surface area (Å²) in [6.07, 6.45) is 1.80. The second-order valence-electron chi connectivity index (χ2n) is 3.98. The Bertz CT molecular complexity index is 575. The molecule has 2 rings (SSSR count). The number of pyridine rings is 1. The van der Waals surface area contributed by atoms with E-state index in [1.165, 1.54) is 0 Å². The SMILES string of the molecule is [CH2]c1cc(Br)cn(C(C)c2ccccc2)c1=O. The first kappa shape index (κ1) is 12.1. The molecule has 1 aromatic heterocycles. The van der Waals surface area contributed by atoms with Gasteiger partial charge in [0.2, 0.25) is 0 Å². The monoisotopic (exact) mass is 290 g/mol. The number of nitrogens with zero attached hydrogens (tertiary/aromatic N) is 1. The summed E-state index contributed by atoms with van der Waals surface area (Å²) in [5, 5.41) is 0. The van der Waals surface area contributed by atoms with Crippen molar-refractivity contribution in [2.45, 2.75) is 13.0 Å².